The molecule has 0 amide bonds. The first-order chi connectivity index (χ1) is 10.1. The molecule has 1 atom stereocenters. The largest absolute Gasteiger partial charge is 0.481 e. The molecule has 0 radical (unpaired) electrons. The van der Waals surface area contributed by atoms with Crippen molar-refractivity contribution in [1.82, 2.24) is 0 Å². The second-order valence-corrected chi connectivity index (χ2v) is 5.26. The van der Waals surface area contributed by atoms with Crippen molar-refractivity contribution in [3.05, 3.63) is 12.7 Å². The van der Waals surface area contributed by atoms with Crippen molar-refractivity contribution < 1.29 is 19.4 Å². The van der Waals surface area contributed by atoms with E-state index in [1.165, 1.54) is 25.7 Å². The maximum atomic E-state index is 11.4. The van der Waals surface area contributed by atoms with Crippen molar-refractivity contribution in [1.29, 1.82) is 0 Å². The molecule has 0 aliphatic carbocycles. The lowest BCUT2D eigenvalue weighted by atomic mass is 10.1. The molecule has 0 saturated carbocycles. The molecule has 1 unspecified atom stereocenters. The molecule has 5 nitrogen and oxygen atoms in total. The van der Waals surface area contributed by atoms with E-state index >= 15 is 0 Å². The predicted octanol–water partition coefficient (Wildman–Crippen LogP) is 3.03. The number of esters is 1. The Morgan fingerprint density at radius 1 is 1.10 bits per heavy atom. The molecule has 0 aliphatic rings. The Bertz CT molecular complexity index is 305. The number of carbonyl (C=O) groups is 2. The van der Waals surface area contributed by atoms with Gasteiger partial charge in [0.25, 0.3) is 0 Å². The van der Waals surface area contributed by atoms with Gasteiger partial charge in [-0.2, -0.15) is 0 Å². The minimum Gasteiger partial charge on any atom is -0.481 e. The number of carboxylic acid groups (broad SMARTS) is 1. The summed E-state index contributed by atoms with van der Waals surface area (Å²) in [4.78, 5) is 21.8. The normalized spacial score (nSPS) is 11.9. The molecular weight excluding hydrogens is 270 g/mol. The van der Waals surface area contributed by atoms with Gasteiger partial charge >= 0.3 is 11.9 Å². The summed E-state index contributed by atoms with van der Waals surface area (Å²) in [6.45, 7) is 4.07. The fourth-order valence-corrected chi connectivity index (χ4v) is 1.95. The lowest BCUT2D eigenvalue weighted by Gasteiger charge is -2.10. The van der Waals surface area contributed by atoms with Gasteiger partial charge in [-0.15, -0.1) is 6.58 Å². The molecular formula is C16H29NO4. The van der Waals surface area contributed by atoms with Gasteiger partial charge in [0.2, 0.25) is 0 Å². The highest BCUT2D eigenvalue weighted by molar-refractivity contribution is 5.76. The second-order valence-electron chi connectivity index (χ2n) is 5.26. The quantitative estimate of drug-likeness (QED) is 0.292. The van der Waals surface area contributed by atoms with Crippen LogP contribution >= 0.6 is 0 Å². The highest BCUT2D eigenvalue weighted by Gasteiger charge is 2.15. The first kappa shape index (κ1) is 19.6. The lowest BCUT2D eigenvalue weighted by molar-refractivity contribution is -0.145. The minimum absolute atomic E-state index is 0.109. The highest BCUT2D eigenvalue weighted by Crippen LogP contribution is 2.09. The Hall–Kier alpha value is -1.36. The van der Waals surface area contributed by atoms with Crippen LogP contribution < -0.4 is 5.73 Å². The second kappa shape index (κ2) is 13.6. The monoisotopic (exact) mass is 299 g/mol. The van der Waals surface area contributed by atoms with Crippen LogP contribution in [-0.2, 0) is 14.3 Å². The van der Waals surface area contributed by atoms with Crippen LogP contribution in [0, 0.1) is 0 Å². The van der Waals surface area contributed by atoms with Crippen LogP contribution in [0.15, 0.2) is 12.7 Å². The maximum absolute atomic E-state index is 11.4. The summed E-state index contributed by atoms with van der Waals surface area (Å²) in [6.07, 6.45) is 11.0. The number of unbranched alkanes of at least 4 members (excludes halogenated alkanes) is 7. The van der Waals surface area contributed by atoms with E-state index in [0.29, 0.717) is 6.61 Å². The summed E-state index contributed by atoms with van der Waals surface area (Å²) >= 11 is 0. The number of carbonyl (C=O) groups excluding carboxylic acids is 1. The fourth-order valence-electron chi connectivity index (χ4n) is 1.95. The van der Waals surface area contributed by atoms with E-state index in [0.717, 1.165) is 25.7 Å². The molecule has 0 saturated heterocycles. The van der Waals surface area contributed by atoms with Crippen LogP contribution in [-0.4, -0.2) is 29.7 Å². The Morgan fingerprint density at radius 3 is 2.24 bits per heavy atom. The predicted molar refractivity (Wildman–Crippen MR) is 82.9 cm³/mol. The van der Waals surface area contributed by atoms with Gasteiger partial charge in [-0.05, 0) is 25.7 Å². The van der Waals surface area contributed by atoms with Crippen LogP contribution in [0.1, 0.15) is 64.2 Å². The summed E-state index contributed by atoms with van der Waals surface area (Å²) in [6, 6.07) is -0.828. The molecule has 0 heterocycles. The van der Waals surface area contributed by atoms with Gasteiger partial charge in [0.05, 0.1) is 6.61 Å². The number of aliphatic carboxylic acids is 1. The Labute approximate surface area is 127 Å². The lowest BCUT2D eigenvalue weighted by Crippen LogP contribution is -2.33. The van der Waals surface area contributed by atoms with Crippen molar-refractivity contribution in [2.75, 3.05) is 6.61 Å². The molecule has 3 N–H and O–H groups in total. The van der Waals surface area contributed by atoms with Crippen LogP contribution in [0.25, 0.3) is 0 Å². The summed E-state index contributed by atoms with van der Waals surface area (Å²) in [7, 11) is 0. The van der Waals surface area contributed by atoms with Crippen LogP contribution in [0.2, 0.25) is 0 Å². The van der Waals surface area contributed by atoms with Crippen molar-refractivity contribution in [2.45, 2.75) is 70.3 Å². The zero-order chi connectivity index (χ0) is 15.9. The smallest absolute Gasteiger partial charge is 0.322 e. The number of ether oxygens (including phenoxy) is 1. The molecule has 0 rings (SSSR count). The minimum atomic E-state index is -0.952. The van der Waals surface area contributed by atoms with Gasteiger partial charge in [-0.1, -0.05) is 38.2 Å². The average molecular weight is 299 g/mol. The Balaban J connectivity index is 3.35. The van der Waals surface area contributed by atoms with E-state index in [2.05, 4.69) is 6.58 Å². The van der Waals surface area contributed by atoms with E-state index in [-0.39, 0.29) is 12.8 Å². The molecule has 0 aliphatic heterocycles. The van der Waals surface area contributed by atoms with Gasteiger partial charge in [0, 0.05) is 6.42 Å². The molecule has 0 fully saturated rings. The van der Waals surface area contributed by atoms with E-state index in [1.54, 1.807) is 0 Å². The maximum Gasteiger partial charge on any atom is 0.322 e. The van der Waals surface area contributed by atoms with Crippen LogP contribution in [0.3, 0.4) is 0 Å². The van der Waals surface area contributed by atoms with Crippen molar-refractivity contribution in [3.8, 4) is 0 Å². The third-order valence-electron chi connectivity index (χ3n) is 3.27. The zero-order valence-corrected chi connectivity index (χ0v) is 12.9. The number of rotatable bonds is 14. The standard InChI is InChI=1S/C16H29NO4/c1-2-3-4-5-6-7-8-9-10-13-21-16(20)14(17)11-12-15(18)19/h2,14H,1,3-13,17H2,(H,18,19). The molecule has 122 valence electrons. The molecule has 5 heteroatoms. The number of allylic oxidation sites excluding steroid dienone is 1. The molecule has 0 aromatic rings. The average Bonchev–Trinajstić information content (AvgIpc) is 2.46. The molecule has 0 spiro atoms. The van der Waals surface area contributed by atoms with Crippen molar-refractivity contribution in [3.63, 3.8) is 0 Å². The van der Waals surface area contributed by atoms with Crippen molar-refractivity contribution in [2.24, 2.45) is 5.73 Å². The molecule has 21 heavy (non-hydrogen) atoms. The van der Waals surface area contributed by atoms with E-state index < -0.39 is 18.0 Å². The summed E-state index contributed by atoms with van der Waals surface area (Å²) in [5.74, 6) is -1.45. The SMILES string of the molecule is C=CCCCCCCCCCOC(=O)C(N)CCC(=O)O. The van der Waals surface area contributed by atoms with Gasteiger partial charge in [-0.3, -0.25) is 9.59 Å². The summed E-state index contributed by atoms with van der Waals surface area (Å²) < 4.78 is 5.03. The number of hydrogen-bond donors (Lipinski definition) is 2. The van der Waals surface area contributed by atoms with Crippen molar-refractivity contribution >= 4 is 11.9 Å². The number of carboxylic acids is 1. The van der Waals surface area contributed by atoms with E-state index in [9.17, 15) is 9.59 Å². The number of hydrogen-bond acceptors (Lipinski definition) is 4. The molecule has 0 aromatic carbocycles. The number of nitrogens with two attached hydrogens (primary N) is 1. The topological polar surface area (TPSA) is 89.6 Å². The fraction of sp³-hybridized carbons (Fsp3) is 0.750. The summed E-state index contributed by atoms with van der Waals surface area (Å²) in [5.41, 5.74) is 5.54. The van der Waals surface area contributed by atoms with Gasteiger partial charge < -0.3 is 15.6 Å². The van der Waals surface area contributed by atoms with Gasteiger partial charge in [-0.25, -0.2) is 0 Å². The molecule has 0 bridgehead atoms. The highest BCUT2D eigenvalue weighted by atomic mass is 16.5. The summed E-state index contributed by atoms with van der Waals surface area (Å²) in [5, 5.41) is 8.50. The third kappa shape index (κ3) is 13.4. The first-order valence-corrected chi connectivity index (χ1v) is 7.82. The zero-order valence-electron chi connectivity index (χ0n) is 12.9. The van der Waals surface area contributed by atoms with Gasteiger partial charge in [0.1, 0.15) is 6.04 Å². The van der Waals surface area contributed by atoms with E-state index in [4.69, 9.17) is 15.6 Å². The third-order valence-corrected chi connectivity index (χ3v) is 3.27. The van der Waals surface area contributed by atoms with Gasteiger partial charge in [0.15, 0.2) is 0 Å². The molecule has 0 aromatic heterocycles. The van der Waals surface area contributed by atoms with E-state index in [1.807, 2.05) is 6.08 Å². The Morgan fingerprint density at radius 2 is 1.67 bits per heavy atom. The van der Waals surface area contributed by atoms with Crippen LogP contribution in [0.4, 0.5) is 0 Å². The van der Waals surface area contributed by atoms with Crippen LogP contribution in [0.5, 0.6) is 0 Å². The first-order valence-electron chi connectivity index (χ1n) is 7.82. The Kier molecular flexibility index (Phi) is 12.7.